The average molecular weight is 237 g/mol. The van der Waals surface area contributed by atoms with Crippen molar-refractivity contribution in [3.05, 3.63) is 18.0 Å². The van der Waals surface area contributed by atoms with E-state index in [4.69, 9.17) is 10.9 Å². The Kier molecular flexibility index (Phi) is 3.27. The Morgan fingerprint density at radius 2 is 2.29 bits per heavy atom. The molecule has 0 saturated carbocycles. The van der Waals surface area contributed by atoms with Crippen molar-refractivity contribution in [1.82, 2.24) is 15.1 Å². The molecule has 1 aliphatic rings. The van der Waals surface area contributed by atoms with E-state index in [0.29, 0.717) is 18.8 Å². The van der Waals surface area contributed by atoms with Gasteiger partial charge in [0.05, 0.1) is 0 Å². The van der Waals surface area contributed by atoms with E-state index in [1.165, 1.54) is 0 Å². The maximum Gasteiger partial charge on any atom is 0.271 e. The van der Waals surface area contributed by atoms with Crippen molar-refractivity contribution in [1.29, 1.82) is 0 Å². The highest BCUT2D eigenvalue weighted by molar-refractivity contribution is 5.92. The number of H-pyrrole nitrogens is 1. The summed E-state index contributed by atoms with van der Waals surface area (Å²) in [5.74, 6) is 0.255. The number of aromatic nitrogens is 2. The van der Waals surface area contributed by atoms with Gasteiger partial charge in [-0.25, -0.2) is 0 Å². The highest BCUT2D eigenvalue weighted by atomic mass is 16.4. The van der Waals surface area contributed by atoms with Crippen molar-refractivity contribution in [2.45, 2.75) is 12.8 Å². The van der Waals surface area contributed by atoms with Crippen LogP contribution in [0.15, 0.2) is 17.4 Å². The van der Waals surface area contributed by atoms with Gasteiger partial charge in [0.15, 0.2) is 0 Å². The zero-order chi connectivity index (χ0) is 12.3. The topological polar surface area (TPSA) is 108 Å². The SMILES string of the molecule is NC(=NO)C1CCN(C(=O)c2ccn[nH]2)CC1. The van der Waals surface area contributed by atoms with Crippen molar-refractivity contribution in [3.8, 4) is 0 Å². The number of nitrogens with two attached hydrogens (primary N) is 1. The van der Waals surface area contributed by atoms with Crippen molar-refractivity contribution >= 4 is 11.7 Å². The first kappa shape index (κ1) is 11.4. The number of carbonyl (C=O) groups is 1. The highest BCUT2D eigenvalue weighted by Gasteiger charge is 2.26. The third-order valence-electron chi connectivity index (χ3n) is 3.05. The van der Waals surface area contributed by atoms with Gasteiger partial charge in [-0.3, -0.25) is 9.89 Å². The van der Waals surface area contributed by atoms with E-state index in [1.807, 2.05) is 0 Å². The van der Waals surface area contributed by atoms with Crippen LogP contribution in [0, 0.1) is 5.92 Å². The molecule has 1 amide bonds. The van der Waals surface area contributed by atoms with Gasteiger partial charge in [-0.2, -0.15) is 5.10 Å². The van der Waals surface area contributed by atoms with Crippen LogP contribution >= 0.6 is 0 Å². The summed E-state index contributed by atoms with van der Waals surface area (Å²) in [4.78, 5) is 13.7. The number of aromatic amines is 1. The molecule has 0 aliphatic carbocycles. The first-order chi connectivity index (χ1) is 8.22. The molecular formula is C10H15N5O2. The predicted octanol–water partition coefficient (Wildman–Crippen LogP) is 0.00830. The molecule has 1 fully saturated rings. The first-order valence-corrected chi connectivity index (χ1v) is 5.48. The predicted molar refractivity (Wildman–Crippen MR) is 60.6 cm³/mol. The Morgan fingerprint density at radius 3 is 2.82 bits per heavy atom. The van der Waals surface area contributed by atoms with Crippen molar-refractivity contribution in [3.63, 3.8) is 0 Å². The second kappa shape index (κ2) is 4.86. The fraction of sp³-hybridized carbons (Fsp3) is 0.500. The van der Waals surface area contributed by atoms with Gasteiger partial charge in [0.25, 0.3) is 5.91 Å². The lowest BCUT2D eigenvalue weighted by molar-refractivity contribution is 0.0703. The van der Waals surface area contributed by atoms with Crippen LogP contribution in [0.25, 0.3) is 0 Å². The molecule has 1 aliphatic heterocycles. The lowest BCUT2D eigenvalue weighted by Crippen LogP contribution is -2.41. The Hall–Kier alpha value is -2.05. The van der Waals surface area contributed by atoms with Gasteiger partial charge in [-0.15, -0.1) is 0 Å². The lowest BCUT2D eigenvalue weighted by atomic mass is 9.95. The summed E-state index contributed by atoms with van der Waals surface area (Å²) in [6.45, 7) is 1.22. The molecule has 0 radical (unpaired) electrons. The monoisotopic (exact) mass is 237 g/mol. The largest absolute Gasteiger partial charge is 0.409 e. The molecule has 1 saturated heterocycles. The summed E-state index contributed by atoms with van der Waals surface area (Å²) in [5, 5.41) is 18.0. The molecule has 0 spiro atoms. The van der Waals surface area contributed by atoms with Crippen LogP contribution in [-0.2, 0) is 0 Å². The minimum atomic E-state index is -0.0551. The number of oxime groups is 1. The molecular weight excluding hydrogens is 222 g/mol. The van der Waals surface area contributed by atoms with Crippen LogP contribution in [0.1, 0.15) is 23.3 Å². The maximum atomic E-state index is 12.0. The number of nitrogens with zero attached hydrogens (tertiary/aromatic N) is 3. The van der Waals surface area contributed by atoms with E-state index in [0.717, 1.165) is 12.8 Å². The smallest absolute Gasteiger partial charge is 0.271 e. The highest BCUT2D eigenvalue weighted by Crippen LogP contribution is 2.18. The summed E-state index contributed by atoms with van der Waals surface area (Å²) in [7, 11) is 0. The third kappa shape index (κ3) is 2.38. The molecule has 4 N–H and O–H groups in total. The van der Waals surface area contributed by atoms with E-state index >= 15 is 0 Å². The average Bonchev–Trinajstić information content (AvgIpc) is 2.91. The third-order valence-corrected chi connectivity index (χ3v) is 3.05. The van der Waals surface area contributed by atoms with E-state index in [-0.39, 0.29) is 17.7 Å². The Labute approximate surface area is 98.3 Å². The first-order valence-electron chi connectivity index (χ1n) is 5.48. The number of rotatable bonds is 2. The number of nitrogens with one attached hydrogen (secondary N) is 1. The van der Waals surface area contributed by atoms with Crippen molar-refractivity contribution < 1.29 is 10.0 Å². The Bertz CT molecular complexity index is 406. The minimum absolute atomic E-state index is 0.0551. The van der Waals surface area contributed by atoms with Gasteiger partial charge in [0, 0.05) is 25.2 Å². The molecule has 2 heterocycles. The van der Waals surface area contributed by atoms with Gasteiger partial charge >= 0.3 is 0 Å². The van der Waals surface area contributed by atoms with Gasteiger partial charge in [-0.05, 0) is 18.9 Å². The second-order valence-electron chi connectivity index (χ2n) is 4.06. The number of hydrogen-bond donors (Lipinski definition) is 3. The number of hydrogen-bond acceptors (Lipinski definition) is 4. The zero-order valence-corrected chi connectivity index (χ0v) is 9.33. The van der Waals surface area contributed by atoms with Gasteiger partial charge < -0.3 is 15.8 Å². The summed E-state index contributed by atoms with van der Waals surface area (Å²) in [5.41, 5.74) is 6.04. The number of amides is 1. The quantitative estimate of drug-likeness (QED) is 0.291. The van der Waals surface area contributed by atoms with E-state index in [2.05, 4.69) is 15.4 Å². The van der Waals surface area contributed by atoms with Gasteiger partial charge in [0.1, 0.15) is 11.5 Å². The Balaban J connectivity index is 1.93. The van der Waals surface area contributed by atoms with Gasteiger partial charge in [0.2, 0.25) is 0 Å². The summed E-state index contributed by atoms with van der Waals surface area (Å²) >= 11 is 0. The molecule has 92 valence electrons. The van der Waals surface area contributed by atoms with Crippen LogP contribution in [-0.4, -0.2) is 45.1 Å². The summed E-state index contributed by atoms with van der Waals surface area (Å²) in [6, 6.07) is 1.65. The van der Waals surface area contributed by atoms with Crippen LogP contribution < -0.4 is 5.73 Å². The minimum Gasteiger partial charge on any atom is -0.409 e. The maximum absolute atomic E-state index is 12.0. The molecule has 0 bridgehead atoms. The molecule has 17 heavy (non-hydrogen) atoms. The van der Waals surface area contributed by atoms with Crippen LogP contribution in [0.2, 0.25) is 0 Å². The van der Waals surface area contributed by atoms with Crippen LogP contribution in [0.3, 0.4) is 0 Å². The number of likely N-dealkylation sites (tertiary alicyclic amines) is 1. The van der Waals surface area contributed by atoms with E-state index in [1.54, 1.807) is 17.2 Å². The Morgan fingerprint density at radius 1 is 1.59 bits per heavy atom. The standard InChI is InChI=1S/C10H15N5O2/c11-9(14-17)7-2-5-15(6-3-7)10(16)8-1-4-12-13-8/h1,4,7,17H,2-3,5-6H2,(H2,11,14)(H,12,13). The fourth-order valence-corrected chi connectivity index (χ4v) is 2.01. The zero-order valence-electron chi connectivity index (χ0n) is 9.33. The summed E-state index contributed by atoms with van der Waals surface area (Å²) in [6.07, 6.45) is 2.99. The lowest BCUT2D eigenvalue weighted by Gasteiger charge is -2.30. The van der Waals surface area contributed by atoms with E-state index in [9.17, 15) is 4.79 Å². The molecule has 7 heteroatoms. The molecule has 0 aromatic carbocycles. The number of amidine groups is 1. The van der Waals surface area contributed by atoms with Crippen LogP contribution in [0.5, 0.6) is 0 Å². The second-order valence-corrected chi connectivity index (χ2v) is 4.06. The van der Waals surface area contributed by atoms with Crippen molar-refractivity contribution in [2.75, 3.05) is 13.1 Å². The molecule has 1 aromatic rings. The molecule has 2 rings (SSSR count). The van der Waals surface area contributed by atoms with Crippen molar-refractivity contribution in [2.24, 2.45) is 16.8 Å². The van der Waals surface area contributed by atoms with E-state index < -0.39 is 0 Å². The molecule has 0 unspecified atom stereocenters. The van der Waals surface area contributed by atoms with Gasteiger partial charge in [-0.1, -0.05) is 5.16 Å². The molecule has 0 atom stereocenters. The number of carbonyl (C=O) groups excluding carboxylic acids is 1. The van der Waals surface area contributed by atoms with Crippen LogP contribution in [0.4, 0.5) is 0 Å². The number of piperidine rings is 1. The normalized spacial score (nSPS) is 18.4. The molecule has 7 nitrogen and oxygen atoms in total. The molecule has 1 aromatic heterocycles. The summed E-state index contributed by atoms with van der Waals surface area (Å²) < 4.78 is 0. The fourth-order valence-electron chi connectivity index (χ4n) is 2.01.